The van der Waals surface area contributed by atoms with Crippen LogP contribution in [0.1, 0.15) is 42.3 Å². The monoisotopic (exact) mass is 504 g/mol. The number of rotatable bonds is 10. The molecule has 0 aliphatic carbocycles. The van der Waals surface area contributed by atoms with E-state index in [0.29, 0.717) is 0 Å². The fourth-order valence-electron chi connectivity index (χ4n) is 5.03. The molecule has 0 amide bonds. The summed E-state index contributed by atoms with van der Waals surface area (Å²) in [5, 5.41) is 1.16. The van der Waals surface area contributed by atoms with E-state index in [1.807, 2.05) is 24.4 Å². The highest BCUT2D eigenvalue weighted by Gasteiger charge is 2.18. The van der Waals surface area contributed by atoms with E-state index in [0.717, 1.165) is 78.4 Å². The van der Waals surface area contributed by atoms with E-state index in [2.05, 4.69) is 82.5 Å². The number of ether oxygens (including phenoxy) is 2. The lowest BCUT2D eigenvalue weighted by Gasteiger charge is -2.23. The molecule has 0 spiro atoms. The largest absolute Gasteiger partial charge is 0.454 e. The standard InChI is InChI=1S/C32H32N4O2/c1-2-3-11-28-29(35-32(34-28)25-8-5-4-6-9-25)21-36(20-24-13-15-30-31(18-24)38-22-37-30)19-23-12-14-27-26(17-23)10-7-16-33-27/h4-10,12-18H,2-3,11,19-22H2,1H3,(H,34,35). The highest BCUT2D eigenvalue weighted by molar-refractivity contribution is 5.78. The second-order valence-electron chi connectivity index (χ2n) is 9.84. The minimum Gasteiger partial charge on any atom is -0.454 e. The lowest BCUT2D eigenvalue weighted by Crippen LogP contribution is -2.23. The summed E-state index contributed by atoms with van der Waals surface area (Å²) in [6.45, 7) is 4.84. The summed E-state index contributed by atoms with van der Waals surface area (Å²) in [4.78, 5) is 15.7. The number of aromatic nitrogens is 3. The zero-order valence-electron chi connectivity index (χ0n) is 21.7. The summed E-state index contributed by atoms with van der Waals surface area (Å²) >= 11 is 0. The molecule has 2 aromatic heterocycles. The van der Waals surface area contributed by atoms with Crippen molar-refractivity contribution in [2.45, 2.75) is 45.8 Å². The fraction of sp³-hybridized carbons (Fsp3) is 0.250. The molecule has 1 N–H and O–H groups in total. The van der Waals surface area contributed by atoms with Crippen LogP contribution in [0.4, 0.5) is 0 Å². The Morgan fingerprint density at radius 2 is 1.66 bits per heavy atom. The maximum atomic E-state index is 5.66. The van der Waals surface area contributed by atoms with E-state index in [4.69, 9.17) is 14.5 Å². The summed E-state index contributed by atoms with van der Waals surface area (Å²) in [6, 6.07) is 27.3. The molecule has 0 saturated carbocycles. The SMILES string of the molecule is CCCCc1nc(-c2ccccc2)[nH]c1CN(Cc1ccc2c(c1)OCO2)Cc1ccc2ncccc2c1. The van der Waals surface area contributed by atoms with Gasteiger partial charge in [-0.3, -0.25) is 9.88 Å². The zero-order chi connectivity index (χ0) is 25.7. The summed E-state index contributed by atoms with van der Waals surface area (Å²) in [5.41, 5.74) is 6.91. The van der Waals surface area contributed by atoms with Gasteiger partial charge in [0.05, 0.1) is 16.9 Å². The Hall–Kier alpha value is -4.16. The molecule has 0 saturated heterocycles. The van der Waals surface area contributed by atoms with Crippen LogP contribution >= 0.6 is 0 Å². The number of aryl methyl sites for hydroxylation is 1. The van der Waals surface area contributed by atoms with E-state index in [1.165, 1.54) is 16.8 Å². The molecule has 0 atom stereocenters. The van der Waals surface area contributed by atoms with Crippen molar-refractivity contribution in [3.05, 3.63) is 108 Å². The maximum Gasteiger partial charge on any atom is 0.231 e. The number of hydrogen-bond donors (Lipinski definition) is 1. The van der Waals surface area contributed by atoms with Crippen molar-refractivity contribution in [2.75, 3.05) is 6.79 Å². The van der Waals surface area contributed by atoms with E-state index in [9.17, 15) is 0 Å². The van der Waals surface area contributed by atoms with Crippen molar-refractivity contribution in [3.8, 4) is 22.9 Å². The molecule has 192 valence electrons. The molecule has 6 heteroatoms. The zero-order valence-corrected chi connectivity index (χ0v) is 21.7. The van der Waals surface area contributed by atoms with Crippen molar-refractivity contribution in [1.29, 1.82) is 0 Å². The fourth-order valence-corrected chi connectivity index (χ4v) is 5.03. The van der Waals surface area contributed by atoms with Crippen LogP contribution in [-0.2, 0) is 26.1 Å². The molecule has 3 heterocycles. The van der Waals surface area contributed by atoms with Crippen molar-refractivity contribution in [1.82, 2.24) is 19.9 Å². The van der Waals surface area contributed by atoms with Crippen LogP contribution < -0.4 is 9.47 Å². The molecule has 0 fully saturated rings. The molecule has 6 nitrogen and oxygen atoms in total. The van der Waals surface area contributed by atoms with Crippen LogP contribution in [0.5, 0.6) is 11.5 Å². The number of hydrogen-bond acceptors (Lipinski definition) is 5. The Bertz CT molecular complexity index is 1530. The third kappa shape index (κ3) is 5.41. The van der Waals surface area contributed by atoms with Crippen LogP contribution in [0, 0.1) is 0 Å². The second kappa shape index (κ2) is 11.1. The van der Waals surface area contributed by atoms with Gasteiger partial charge in [0, 0.05) is 36.8 Å². The molecule has 0 bridgehead atoms. The van der Waals surface area contributed by atoms with Crippen LogP contribution in [0.15, 0.2) is 85.1 Å². The summed E-state index contributed by atoms with van der Waals surface area (Å²) in [7, 11) is 0. The quantitative estimate of drug-likeness (QED) is 0.224. The molecular formula is C32H32N4O2. The number of fused-ring (bicyclic) bond motifs is 2. The highest BCUT2D eigenvalue weighted by atomic mass is 16.7. The summed E-state index contributed by atoms with van der Waals surface area (Å²) in [5.74, 6) is 2.56. The van der Waals surface area contributed by atoms with Gasteiger partial charge in [0.15, 0.2) is 11.5 Å². The molecule has 5 aromatic rings. The van der Waals surface area contributed by atoms with Crippen LogP contribution in [0.3, 0.4) is 0 Å². The molecule has 6 rings (SSSR count). The summed E-state index contributed by atoms with van der Waals surface area (Å²) in [6.07, 6.45) is 5.06. The van der Waals surface area contributed by atoms with Gasteiger partial charge in [-0.05, 0) is 54.3 Å². The molecular weight excluding hydrogens is 472 g/mol. The number of nitrogens with zero attached hydrogens (tertiary/aromatic N) is 3. The van der Waals surface area contributed by atoms with Gasteiger partial charge in [-0.15, -0.1) is 0 Å². The predicted molar refractivity (Wildman–Crippen MR) is 150 cm³/mol. The van der Waals surface area contributed by atoms with Gasteiger partial charge in [0.2, 0.25) is 6.79 Å². The number of unbranched alkanes of at least 4 members (excludes halogenated alkanes) is 1. The third-order valence-electron chi connectivity index (χ3n) is 6.98. The first kappa shape index (κ1) is 24.2. The molecule has 1 aliphatic rings. The van der Waals surface area contributed by atoms with E-state index in [-0.39, 0.29) is 6.79 Å². The Morgan fingerprint density at radius 1 is 0.842 bits per heavy atom. The Balaban J connectivity index is 1.32. The lowest BCUT2D eigenvalue weighted by atomic mass is 10.1. The van der Waals surface area contributed by atoms with Crippen molar-refractivity contribution < 1.29 is 9.47 Å². The first-order valence-corrected chi connectivity index (χ1v) is 13.3. The van der Waals surface area contributed by atoms with Crippen molar-refractivity contribution >= 4 is 10.9 Å². The minimum atomic E-state index is 0.283. The van der Waals surface area contributed by atoms with Crippen molar-refractivity contribution in [2.24, 2.45) is 0 Å². The first-order valence-electron chi connectivity index (χ1n) is 13.3. The summed E-state index contributed by atoms with van der Waals surface area (Å²) < 4.78 is 11.2. The Morgan fingerprint density at radius 3 is 2.53 bits per heavy atom. The molecule has 0 radical (unpaired) electrons. The smallest absolute Gasteiger partial charge is 0.231 e. The van der Waals surface area contributed by atoms with Gasteiger partial charge in [-0.25, -0.2) is 4.98 Å². The number of H-pyrrole nitrogens is 1. The highest BCUT2D eigenvalue weighted by Crippen LogP contribution is 2.33. The second-order valence-corrected chi connectivity index (χ2v) is 9.84. The average Bonchev–Trinajstić information content (AvgIpc) is 3.59. The van der Waals surface area contributed by atoms with Gasteiger partial charge < -0.3 is 14.5 Å². The number of aromatic amines is 1. The number of pyridine rings is 1. The molecule has 1 aliphatic heterocycles. The topological polar surface area (TPSA) is 63.3 Å². The van der Waals surface area contributed by atoms with Crippen molar-refractivity contribution in [3.63, 3.8) is 0 Å². The Labute approximate surface area is 223 Å². The molecule has 0 unspecified atom stereocenters. The van der Waals surface area contributed by atoms with Crippen LogP contribution in [0.25, 0.3) is 22.3 Å². The maximum absolute atomic E-state index is 5.66. The minimum absolute atomic E-state index is 0.283. The number of imidazole rings is 1. The number of nitrogens with one attached hydrogen (secondary N) is 1. The van der Waals surface area contributed by atoms with Gasteiger partial charge in [-0.1, -0.05) is 61.9 Å². The first-order chi connectivity index (χ1) is 18.7. The normalized spacial score (nSPS) is 12.5. The van der Waals surface area contributed by atoms with Crippen LogP contribution in [0.2, 0.25) is 0 Å². The van der Waals surface area contributed by atoms with E-state index in [1.54, 1.807) is 0 Å². The van der Waals surface area contributed by atoms with E-state index >= 15 is 0 Å². The van der Waals surface area contributed by atoms with Gasteiger partial charge in [0.1, 0.15) is 5.82 Å². The van der Waals surface area contributed by atoms with Gasteiger partial charge >= 0.3 is 0 Å². The lowest BCUT2D eigenvalue weighted by molar-refractivity contribution is 0.174. The van der Waals surface area contributed by atoms with Gasteiger partial charge in [-0.2, -0.15) is 0 Å². The third-order valence-corrected chi connectivity index (χ3v) is 6.98. The average molecular weight is 505 g/mol. The predicted octanol–water partition coefficient (Wildman–Crippen LogP) is 6.90. The van der Waals surface area contributed by atoms with Gasteiger partial charge in [0.25, 0.3) is 0 Å². The Kier molecular flexibility index (Phi) is 7.05. The van der Waals surface area contributed by atoms with E-state index < -0.39 is 0 Å². The number of benzene rings is 3. The molecule has 38 heavy (non-hydrogen) atoms. The molecule has 3 aromatic carbocycles. The van der Waals surface area contributed by atoms with Crippen LogP contribution in [-0.4, -0.2) is 26.6 Å².